The van der Waals surface area contributed by atoms with Gasteiger partial charge in [0.2, 0.25) is 0 Å². The number of nitrogens with two attached hydrogens (primary N) is 3. The molecule has 0 radical (unpaired) electrons. The minimum atomic E-state index is -0.236. The highest BCUT2D eigenvalue weighted by Gasteiger charge is 2.21. The Morgan fingerprint density at radius 1 is 0.319 bits per heavy atom. The van der Waals surface area contributed by atoms with Crippen LogP contribution in [0.3, 0.4) is 0 Å². The maximum absolute atomic E-state index is 13.3. The number of rotatable bonds is 13. The number of ketones is 5. The Bertz CT molecular complexity index is 2900. The van der Waals surface area contributed by atoms with Gasteiger partial charge in [-0.3, -0.25) is 29.4 Å². The largest absolute Gasteiger partial charge is 0.375 e. The van der Waals surface area contributed by atoms with Crippen LogP contribution in [-0.4, -0.2) is 44.9 Å². The maximum atomic E-state index is 13.3. The average molecular weight is 945 g/mol. The third kappa shape index (κ3) is 13.8. The highest BCUT2D eigenvalue weighted by atomic mass is 32.1. The second kappa shape index (κ2) is 24.6. The summed E-state index contributed by atoms with van der Waals surface area (Å²) in [6.45, 7) is 0. The lowest BCUT2D eigenvalue weighted by molar-refractivity contribution is 0.102. The summed E-state index contributed by atoms with van der Waals surface area (Å²) in [6, 6.07) is 63.5. The van der Waals surface area contributed by atoms with E-state index in [4.69, 9.17) is 23.7 Å². The van der Waals surface area contributed by atoms with Gasteiger partial charge >= 0.3 is 0 Å². The van der Waals surface area contributed by atoms with Gasteiger partial charge in [-0.1, -0.05) is 182 Å². The van der Waals surface area contributed by atoms with Gasteiger partial charge in [0, 0.05) is 66.8 Å². The molecule has 13 heteroatoms. The first kappa shape index (κ1) is 49.6. The minimum absolute atomic E-state index is 0.00512. The van der Waals surface area contributed by atoms with Crippen LogP contribution in [0.15, 0.2) is 223 Å². The van der Waals surface area contributed by atoms with Gasteiger partial charge in [-0.2, -0.15) is 5.10 Å². The molecule has 8 rings (SSSR count). The Kier molecular flexibility index (Phi) is 17.7. The molecule has 8 N–H and O–H groups in total. The standard InChI is InChI=1S/C28H21N3O2S.C27H18O3.CH5N3S/c29-28(34)31-30-25(19-10-4-1-5-11-19)22-16-23(26(32)20-12-6-2-7-13-20)18-24(17-22)27(33)21-14-8-3-9-15-21;28-25(19-10-4-1-5-11-19)22-16-23(26(29)20-12-6-2-7-13-20)18-24(17-22)27(30)21-14-8-3-9-15-21;2-1(5)4-3/h1-18H,(H3,29,31,34);1-18H;3H2,(H3,2,4,5). The molecular formula is C56H44N6O5S2. The molecule has 0 aromatic heterocycles. The van der Waals surface area contributed by atoms with Gasteiger partial charge in [0.1, 0.15) is 0 Å². The lowest BCUT2D eigenvalue weighted by Gasteiger charge is -2.12. The van der Waals surface area contributed by atoms with Crippen LogP contribution in [0, 0.1) is 0 Å². The predicted molar refractivity (Wildman–Crippen MR) is 278 cm³/mol. The molecule has 0 amide bonds. The molecule has 0 aliphatic heterocycles. The van der Waals surface area contributed by atoms with Crippen LogP contribution in [0.2, 0.25) is 0 Å². The van der Waals surface area contributed by atoms with Crippen molar-refractivity contribution >= 4 is 69.3 Å². The fourth-order valence-electron chi connectivity index (χ4n) is 6.83. The molecule has 340 valence electrons. The lowest BCUT2D eigenvalue weighted by atomic mass is 9.92. The molecule has 11 nitrogen and oxygen atoms in total. The number of thiocarbonyl (C=S) groups is 2. The van der Waals surface area contributed by atoms with Crippen molar-refractivity contribution in [1.82, 2.24) is 10.9 Å². The molecule has 69 heavy (non-hydrogen) atoms. The zero-order valence-electron chi connectivity index (χ0n) is 36.8. The third-order valence-electron chi connectivity index (χ3n) is 10.1. The van der Waals surface area contributed by atoms with Crippen LogP contribution in [0.1, 0.15) is 90.7 Å². The predicted octanol–water partition coefficient (Wildman–Crippen LogP) is 8.81. The van der Waals surface area contributed by atoms with Gasteiger partial charge in [0.25, 0.3) is 0 Å². The number of carbonyl (C=O) groups excluding carboxylic acids is 5. The Hall–Kier alpha value is -8.88. The van der Waals surface area contributed by atoms with Crippen molar-refractivity contribution in [2.24, 2.45) is 22.4 Å². The Morgan fingerprint density at radius 2 is 0.522 bits per heavy atom. The van der Waals surface area contributed by atoms with Crippen molar-refractivity contribution in [2.45, 2.75) is 0 Å². The van der Waals surface area contributed by atoms with E-state index in [9.17, 15) is 24.0 Å². The topological polar surface area (TPSA) is 200 Å². The first-order valence-corrected chi connectivity index (χ1v) is 22.0. The first-order chi connectivity index (χ1) is 33.4. The maximum Gasteiger partial charge on any atom is 0.193 e. The van der Waals surface area contributed by atoms with Crippen molar-refractivity contribution in [1.29, 1.82) is 0 Å². The number of nitrogens with one attached hydrogen (secondary N) is 2. The number of hydrogen-bond donors (Lipinski definition) is 5. The normalized spacial score (nSPS) is 10.4. The summed E-state index contributed by atoms with van der Waals surface area (Å²) in [4.78, 5) is 65.8. The van der Waals surface area contributed by atoms with E-state index in [0.29, 0.717) is 66.9 Å². The molecule has 8 aromatic carbocycles. The Balaban J connectivity index is 0.000000208. The fraction of sp³-hybridized carbons (Fsp3) is 0. The quantitative estimate of drug-likeness (QED) is 0.0242. The van der Waals surface area contributed by atoms with Crippen LogP contribution in [0.5, 0.6) is 0 Å². The van der Waals surface area contributed by atoms with Crippen molar-refractivity contribution in [3.8, 4) is 0 Å². The van der Waals surface area contributed by atoms with Gasteiger partial charge in [0.05, 0.1) is 5.71 Å². The van der Waals surface area contributed by atoms with Crippen molar-refractivity contribution < 1.29 is 24.0 Å². The Labute approximate surface area is 409 Å². The molecule has 0 spiro atoms. The van der Waals surface area contributed by atoms with Gasteiger partial charge in [-0.05, 0) is 60.8 Å². The molecule has 0 bridgehead atoms. The highest BCUT2D eigenvalue weighted by molar-refractivity contribution is 7.80. The number of hydrazine groups is 1. The van der Waals surface area contributed by atoms with Crippen LogP contribution in [-0.2, 0) is 0 Å². The molecular weight excluding hydrogens is 901 g/mol. The molecule has 8 aromatic rings. The van der Waals surface area contributed by atoms with Crippen LogP contribution in [0.4, 0.5) is 0 Å². The smallest absolute Gasteiger partial charge is 0.193 e. The molecule has 0 saturated heterocycles. The number of hydrogen-bond acceptors (Lipinski definition) is 9. The summed E-state index contributed by atoms with van der Waals surface area (Å²) >= 11 is 9.17. The number of benzene rings is 8. The number of carbonyl (C=O) groups is 5. The van der Waals surface area contributed by atoms with Crippen LogP contribution in [0.25, 0.3) is 0 Å². The monoisotopic (exact) mass is 944 g/mol. The van der Waals surface area contributed by atoms with Gasteiger partial charge in [-0.15, -0.1) is 0 Å². The summed E-state index contributed by atoms with van der Waals surface area (Å²) in [5.74, 6) is 3.56. The average Bonchev–Trinajstić information content (AvgIpc) is 3.41. The zero-order valence-corrected chi connectivity index (χ0v) is 38.5. The summed E-state index contributed by atoms with van der Waals surface area (Å²) in [6.07, 6.45) is 0. The first-order valence-electron chi connectivity index (χ1n) is 21.2. The molecule has 0 atom stereocenters. The second-order valence-electron chi connectivity index (χ2n) is 14.9. The number of hydrazone groups is 1. The van der Waals surface area contributed by atoms with Gasteiger partial charge in [0.15, 0.2) is 39.1 Å². The van der Waals surface area contributed by atoms with E-state index in [1.165, 1.54) is 0 Å². The zero-order chi connectivity index (χ0) is 49.1. The molecule has 0 aliphatic carbocycles. The summed E-state index contributed by atoms with van der Waals surface area (Å²) in [5, 5.41) is 4.51. The summed E-state index contributed by atoms with van der Waals surface area (Å²) in [5.41, 5.74) is 21.1. The number of nitrogens with zero attached hydrogens (tertiary/aromatic N) is 1. The van der Waals surface area contributed by atoms with E-state index in [1.54, 1.807) is 158 Å². The van der Waals surface area contributed by atoms with Gasteiger partial charge in [-0.25, -0.2) is 5.84 Å². The summed E-state index contributed by atoms with van der Waals surface area (Å²) < 4.78 is 0. The van der Waals surface area contributed by atoms with Crippen LogP contribution < -0.4 is 28.2 Å². The second-order valence-corrected chi connectivity index (χ2v) is 15.8. The minimum Gasteiger partial charge on any atom is -0.375 e. The highest BCUT2D eigenvalue weighted by Crippen LogP contribution is 2.23. The third-order valence-corrected chi connectivity index (χ3v) is 10.3. The van der Waals surface area contributed by atoms with Crippen LogP contribution >= 0.6 is 24.4 Å². The van der Waals surface area contributed by atoms with E-state index < -0.39 is 0 Å². The van der Waals surface area contributed by atoms with E-state index in [-0.39, 0.29) is 39.1 Å². The van der Waals surface area contributed by atoms with Crippen molar-refractivity contribution in [2.75, 3.05) is 0 Å². The Morgan fingerprint density at radius 3 is 0.725 bits per heavy atom. The molecule has 0 heterocycles. The fourth-order valence-corrected chi connectivity index (χ4v) is 6.88. The van der Waals surface area contributed by atoms with Crippen molar-refractivity contribution in [3.05, 3.63) is 285 Å². The van der Waals surface area contributed by atoms with E-state index in [1.807, 2.05) is 66.1 Å². The molecule has 0 aliphatic rings. The lowest BCUT2D eigenvalue weighted by Crippen LogP contribution is -2.34. The van der Waals surface area contributed by atoms with E-state index in [2.05, 4.69) is 28.6 Å². The molecule has 0 fully saturated rings. The molecule has 0 saturated carbocycles. The molecule has 0 unspecified atom stereocenters. The van der Waals surface area contributed by atoms with Gasteiger partial charge < -0.3 is 16.9 Å². The summed E-state index contributed by atoms with van der Waals surface area (Å²) in [7, 11) is 0. The van der Waals surface area contributed by atoms with Crippen molar-refractivity contribution in [3.63, 3.8) is 0 Å². The SMILES string of the molecule is NC(=S)NN=C(c1ccccc1)c1cc(C(=O)c2ccccc2)cc(C(=O)c2ccccc2)c1.NNC(N)=S.O=C(c1ccccc1)c1cc(C(=O)c2ccccc2)cc(C(=O)c2ccccc2)c1. The van der Waals surface area contributed by atoms with E-state index in [0.717, 1.165) is 5.56 Å². The van der Waals surface area contributed by atoms with E-state index >= 15 is 0 Å².